The van der Waals surface area contributed by atoms with Crippen molar-refractivity contribution in [3.05, 3.63) is 45.7 Å². The van der Waals surface area contributed by atoms with Gasteiger partial charge in [-0.15, -0.1) is 0 Å². The van der Waals surface area contributed by atoms with Gasteiger partial charge in [-0.3, -0.25) is 9.59 Å². The second-order valence-electron chi connectivity index (χ2n) is 3.60. The van der Waals surface area contributed by atoms with Crippen LogP contribution in [0.1, 0.15) is 20.7 Å². The molecule has 0 saturated carbocycles. The first kappa shape index (κ1) is 9.66. The van der Waals surface area contributed by atoms with Gasteiger partial charge in [0.15, 0.2) is 0 Å². The summed E-state index contributed by atoms with van der Waals surface area (Å²) in [6.45, 7) is 0. The van der Waals surface area contributed by atoms with Gasteiger partial charge >= 0.3 is 0 Å². The SMILES string of the molecule is O=C1C(=O)c2c(F)cc(Br)c3cccc1c23. The van der Waals surface area contributed by atoms with Gasteiger partial charge in [0.05, 0.1) is 5.56 Å². The first-order chi connectivity index (χ1) is 7.61. The molecule has 0 bridgehead atoms. The van der Waals surface area contributed by atoms with Gasteiger partial charge in [0.25, 0.3) is 0 Å². The highest BCUT2D eigenvalue weighted by Gasteiger charge is 2.33. The lowest BCUT2D eigenvalue weighted by Crippen LogP contribution is -2.07. The molecule has 0 aliphatic heterocycles. The van der Waals surface area contributed by atoms with Crippen LogP contribution < -0.4 is 0 Å². The minimum absolute atomic E-state index is 0.0983. The predicted octanol–water partition coefficient (Wildman–Crippen LogP) is 3.12. The molecule has 3 rings (SSSR count). The molecule has 1 aliphatic rings. The number of rotatable bonds is 0. The number of Topliss-reactive ketones (excluding diaryl/α,β-unsaturated/α-hetero) is 2. The number of hydrogen-bond donors (Lipinski definition) is 0. The fourth-order valence-corrected chi connectivity index (χ4v) is 2.58. The van der Waals surface area contributed by atoms with Gasteiger partial charge in [-0.25, -0.2) is 4.39 Å². The maximum absolute atomic E-state index is 13.6. The fourth-order valence-electron chi connectivity index (χ4n) is 2.05. The Hall–Kier alpha value is -1.55. The molecule has 0 spiro atoms. The van der Waals surface area contributed by atoms with Crippen LogP contribution in [-0.4, -0.2) is 11.6 Å². The van der Waals surface area contributed by atoms with E-state index in [2.05, 4.69) is 15.9 Å². The zero-order valence-corrected chi connectivity index (χ0v) is 9.47. The van der Waals surface area contributed by atoms with E-state index in [-0.39, 0.29) is 11.1 Å². The van der Waals surface area contributed by atoms with Gasteiger partial charge in [0.1, 0.15) is 5.82 Å². The summed E-state index contributed by atoms with van der Waals surface area (Å²) < 4.78 is 14.2. The molecule has 1 aliphatic carbocycles. The lowest BCUT2D eigenvalue weighted by molar-refractivity contribution is 0.0823. The van der Waals surface area contributed by atoms with Gasteiger partial charge in [0.2, 0.25) is 11.6 Å². The second-order valence-corrected chi connectivity index (χ2v) is 4.46. The average Bonchev–Trinajstić information content (AvgIpc) is 2.51. The van der Waals surface area contributed by atoms with Crippen LogP contribution in [0.25, 0.3) is 10.8 Å². The fraction of sp³-hybridized carbons (Fsp3) is 0. The van der Waals surface area contributed by atoms with Crippen LogP contribution in [0.15, 0.2) is 28.7 Å². The summed E-state index contributed by atoms with van der Waals surface area (Å²) in [7, 11) is 0. The van der Waals surface area contributed by atoms with E-state index in [1.54, 1.807) is 18.2 Å². The Morgan fingerprint density at radius 1 is 1.12 bits per heavy atom. The van der Waals surface area contributed by atoms with Gasteiger partial charge < -0.3 is 0 Å². The van der Waals surface area contributed by atoms with E-state index in [0.29, 0.717) is 15.2 Å². The topological polar surface area (TPSA) is 34.1 Å². The van der Waals surface area contributed by atoms with Crippen molar-refractivity contribution in [2.24, 2.45) is 0 Å². The van der Waals surface area contributed by atoms with Crippen LogP contribution in [0, 0.1) is 5.82 Å². The summed E-state index contributed by atoms with van der Waals surface area (Å²) in [5.74, 6) is -2.03. The highest BCUT2D eigenvalue weighted by molar-refractivity contribution is 9.10. The van der Waals surface area contributed by atoms with Gasteiger partial charge in [-0.1, -0.05) is 34.1 Å². The lowest BCUT2D eigenvalue weighted by Gasteiger charge is -2.03. The van der Waals surface area contributed by atoms with Crippen molar-refractivity contribution in [2.45, 2.75) is 0 Å². The van der Waals surface area contributed by atoms with Crippen molar-refractivity contribution in [3.8, 4) is 0 Å². The molecule has 16 heavy (non-hydrogen) atoms. The number of carbonyl (C=O) groups excluding carboxylic acids is 2. The standard InChI is InChI=1S/C12H4BrFO2/c13-7-4-8(14)10-9-5(7)2-1-3-6(9)11(15)12(10)16/h1-4H. The van der Waals surface area contributed by atoms with E-state index in [4.69, 9.17) is 0 Å². The Morgan fingerprint density at radius 2 is 1.88 bits per heavy atom. The normalized spacial score (nSPS) is 13.9. The van der Waals surface area contributed by atoms with Crippen molar-refractivity contribution in [1.29, 1.82) is 0 Å². The summed E-state index contributed by atoms with van der Waals surface area (Å²) in [5, 5.41) is 1.11. The highest BCUT2D eigenvalue weighted by atomic mass is 79.9. The molecule has 0 fully saturated rings. The average molecular weight is 279 g/mol. The second kappa shape index (κ2) is 2.98. The Balaban J connectivity index is 2.65. The maximum atomic E-state index is 13.6. The van der Waals surface area contributed by atoms with E-state index in [0.717, 1.165) is 0 Å². The van der Waals surface area contributed by atoms with Crippen LogP contribution in [0.2, 0.25) is 0 Å². The van der Waals surface area contributed by atoms with Gasteiger partial charge in [-0.05, 0) is 11.5 Å². The Bertz CT molecular complexity index is 676. The molecule has 0 amide bonds. The number of ketones is 2. The van der Waals surface area contributed by atoms with E-state index in [9.17, 15) is 14.0 Å². The Kier molecular flexibility index (Phi) is 1.80. The minimum Gasteiger partial charge on any atom is -0.285 e. The molecule has 2 nitrogen and oxygen atoms in total. The molecule has 0 heterocycles. The zero-order valence-electron chi connectivity index (χ0n) is 7.88. The molecule has 0 atom stereocenters. The molecule has 0 aromatic heterocycles. The van der Waals surface area contributed by atoms with Crippen LogP contribution >= 0.6 is 15.9 Å². The smallest absolute Gasteiger partial charge is 0.237 e. The maximum Gasteiger partial charge on any atom is 0.237 e. The summed E-state index contributed by atoms with van der Waals surface area (Å²) in [6.07, 6.45) is 0. The largest absolute Gasteiger partial charge is 0.285 e. The van der Waals surface area contributed by atoms with Crippen LogP contribution in [-0.2, 0) is 0 Å². The highest BCUT2D eigenvalue weighted by Crippen LogP contribution is 2.36. The van der Waals surface area contributed by atoms with Crippen molar-refractivity contribution < 1.29 is 14.0 Å². The summed E-state index contributed by atoms with van der Waals surface area (Å²) in [5.41, 5.74) is 0.191. The zero-order chi connectivity index (χ0) is 11.4. The van der Waals surface area contributed by atoms with E-state index in [1.807, 2.05) is 0 Å². The summed E-state index contributed by atoms with van der Waals surface area (Å²) >= 11 is 3.22. The first-order valence-electron chi connectivity index (χ1n) is 4.61. The Morgan fingerprint density at radius 3 is 2.62 bits per heavy atom. The molecule has 0 N–H and O–H groups in total. The van der Waals surface area contributed by atoms with E-state index >= 15 is 0 Å². The molecule has 2 aromatic carbocycles. The molecule has 0 radical (unpaired) electrons. The van der Waals surface area contributed by atoms with Crippen LogP contribution in [0.5, 0.6) is 0 Å². The number of hydrogen-bond acceptors (Lipinski definition) is 2. The molecule has 0 unspecified atom stereocenters. The van der Waals surface area contributed by atoms with Crippen molar-refractivity contribution in [2.75, 3.05) is 0 Å². The number of halogens is 2. The first-order valence-corrected chi connectivity index (χ1v) is 5.40. The lowest BCUT2D eigenvalue weighted by atomic mass is 10.0. The van der Waals surface area contributed by atoms with Crippen LogP contribution in [0.4, 0.5) is 4.39 Å². The van der Waals surface area contributed by atoms with Crippen molar-refractivity contribution >= 4 is 38.3 Å². The molecule has 0 saturated heterocycles. The summed E-state index contributed by atoms with van der Waals surface area (Å²) in [6, 6.07) is 6.20. The molecular formula is C12H4BrFO2. The monoisotopic (exact) mass is 278 g/mol. The minimum atomic E-state index is -0.754. The molecule has 4 heteroatoms. The van der Waals surface area contributed by atoms with Gasteiger partial charge in [0, 0.05) is 15.4 Å². The van der Waals surface area contributed by atoms with Crippen molar-refractivity contribution in [1.82, 2.24) is 0 Å². The predicted molar refractivity (Wildman–Crippen MR) is 60.3 cm³/mol. The number of benzene rings is 2. The van der Waals surface area contributed by atoms with E-state index in [1.165, 1.54) is 6.07 Å². The summed E-state index contributed by atoms with van der Waals surface area (Å²) in [4.78, 5) is 23.2. The van der Waals surface area contributed by atoms with Gasteiger partial charge in [-0.2, -0.15) is 0 Å². The van der Waals surface area contributed by atoms with E-state index < -0.39 is 17.4 Å². The van der Waals surface area contributed by atoms with Crippen LogP contribution in [0.3, 0.4) is 0 Å². The van der Waals surface area contributed by atoms with Crippen molar-refractivity contribution in [3.63, 3.8) is 0 Å². The quantitative estimate of drug-likeness (QED) is 0.694. The third-order valence-corrected chi connectivity index (χ3v) is 3.40. The molecular weight excluding hydrogens is 275 g/mol. The number of carbonyl (C=O) groups is 2. The molecule has 78 valence electrons. The third-order valence-electron chi connectivity index (χ3n) is 2.74. The molecule has 2 aromatic rings. The Labute approximate surface area is 98.2 Å². The third kappa shape index (κ3) is 0.998.